The van der Waals surface area contributed by atoms with Gasteiger partial charge in [0, 0.05) is 12.8 Å². The summed E-state index contributed by atoms with van der Waals surface area (Å²) in [5, 5.41) is 3.81. The van der Waals surface area contributed by atoms with E-state index in [0.29, 0.717) is 10.4 Å². The Morgan fingerprint density at radius 2 is 2.17 bits per heavy atom. The number of hydrogen-bond acceptors (Lipinski definition) is 6. The smallest absolute Gasteiger partial charge is 0.182 e. The lowest BCUT2D eigenvalue weighted by atomic mass is 9.67. The quantitative estimate of drug-likeness (QED) is 0.867. The Morgan fingerprint density at radius 1 is 1.50 bits per heavy atom. The molecule has 1 aromatic heterocycles. The second kappa shape index (κ2) is 4.70. The van der Waals surface area contributed by atoms with Crippen LogP contribution in [-0.2, 0) is 9.84 Å². The van der Waals surface area contributed by atoms with E-state index in [1.807, 2.05) is 0 Å². The molecule has 0 saturated heterocycles. The highest BCUT2D eigenvalue weighted by Crippen LogP contribution is 2.44. The Kier molecular flexibility index (Phi) is 3.55. The van der Waals surface area contributed by atoms with Crippen LogP contribution in [0.4, 0.5) is 10.8 Å². The predicted molar refractivity (Wildman–Crippen MR) is 74.7 cm³/mol. The highest BCUT2D eigenvalue weighted by Gasteiger charge is 2.35. The topological polar surface area (TPSA) is 85.1 Å². The van der Waals surface area contributed by atoms with Gasteiger partial charge >= 0.3 is 0 Å². The predicted octanol–water partition coefficient (Wildman–Crippen LogP) is 2.12. The van der Waals surface area contributed by atoms with Gasteiger partial charge in [0.1, 0.15) is 9.90 Å². The van der Waals surface area contributed by atoms with E-state index in [1.54, 1.807) is 0 Å². The molecular formula is C11H19N3O2S2. The van der Waals surface area contributed by atoms with E-state index >= 15 is 0 Å². The van der Waals surface area contributed by atoms with Crippen LogP contribution in [0.5, 0.6) is 0 Å². The van der Waals surface area contributed by atoms with Crippen LogP contribution < -0.4 is 11.1 Å². The number of nitrogens with two attached hydrogens (primary N) is 1. The molecule has 1 aliphatic carbocycles. The van der Waals surface area contributed by atoms with Gasteiger partial charge in [0.05, 0.1) is 0 Å². The van der Waals surface area contributed by atoms with E-state index < -0.39 is 9.84 Å². The Hall–Kier alpha value is -0.820. The van der Waals surface area contributed by atoms with Crippen molar-refractivity contribution in [2.75, 3.05) is 23.9 Å². The van der Waals surface area contributed by atoms with Crippen molar-refractivity contribution in [1.82, 2.24) is 4.37 Å². The number of nitrogen functional groups attached to an aromatic ring is 1. The molecule has 0 aliphatic heterocycles. The summed E-state index contributed by atoms with van der Waals surface area (Å²) in [6, 6.07) is 0. The Labute approximate surface area is 112 Å². The first kappa shape index (κ1) is 13.6. The first-order chi connectivity index (χ1) is 8.38. The number of anilines is 2. The maximum Gasteiger partial charge on any atom is 0.182 e. The third-order valence-corrected chi connectivity index (χ3v) is 5.94. The van der Waals surface area contributed by atoms with E-state index in [1.165, 1.54) is 19.3 Å². The number of sulfone groups is 1. The van der Waals surface area contributed by atoms with Crippen LogP contribution in [0, 0.1) is 5.41 Å². The maximum absolute atomic E-state index is 11.7. The van der Waals surface area contributed by atoms with Crippen molar-refractivity contribution in [2.24, 2.45) is 5.41 Å². The van der Waals surface area contributed by atoms with Gasteiger partial charge in [-0.15, -0.1) is 0 Å². The molecule has 18 heavy (non-hydrogen) atoms. The van der Waals surface area contributed by atoms with Crippen molar-refractivity contribution in [3.63, 3.8) is 0 Å². The molecule has 102 valence electrons. The molecule has 3 N–H and O–H groups in total. The summed E-state index contributed by atoms with van der Waals surface area (Å²) < 4.78 is 27.3. The number of nitrogens with zero attached hydrogens (tertiary/aromatic N) is 1. The minimum Gasteiger partial charge on any atom is -0.382 e. The van der Waals surface area contributed by atoms with Gasteiger partial charge in [0.15, 0.2) is 15.7 Å². The largest absolute Gasteiger partial charge is 0.382 e. The molecule has 5 nitrogen and oxygen atoms in total. The van der Waals surface area contributed by atoms with Crippen LogP contribution >= 0.6 is 11.5 Å². The van der Waals surface area contributed by atoms with Gasteiger partial charge in [-0.2, -0.15) is 4.37 Å². The van der Waals surface area contributed by atoms with Gasteiger partial charge in [0.25, 0.3) is 0 Å². The van der Waals surface area contributed by atoms with E-state index in [4.69, 9.17) is 5.73 Å². The minimum atomic E-state index is -3.32. The normalized spacial score (nSPS) is 18.3. The summed E-state index contributed by atoms with van der Waals surface area (Å²) in [5.74, 6) is 0.101. The lowest BCUT2D eigenvalue weighted by Crippen LogP contribution is -2.35. The molecule has 0 amide bonds. The first-order valence-corrected chi connectivity index (χ1v) is 8.73. The average Bonchev–Trinajstić information content (AvgIpc) is 2.58. The summed E-state index contributed by atoms with van der Waals surface area (Å²) in [6.45, 7) is 2.98. The SMILES string of the molecule is CCC1(CNc2snc(N)c2S(C)(=O)=O)CCC1. The van der Waals surface area contributed by atoms with Crippen molar-refractivity contribution in [3.8, 4) is 0 Å². The zero-order valence-corrected chi connectivity index (χ0v) is 12.3. The van der Waals surface area contributed by atoms with Crippen LogP contribution in [-0.4, -0.2) is 25.6 Å². The monoisotopic (exact) mass is 289 g/mol. The Bertz CT molecular complexity index is 527. The average molecular weight is 289 g/mol. The summed E-state index contributed by atoms with van der Waals surface area (Å²) in [7, 11) is -3.32. The number of aromatic nitrogens is 1. The van der Waals surface area contributed by atoms with Crippen molar-refractivity contribution >= 4 is 32.2 Å². The fourth-order valence-corrected chi connectivity index (χ4v) is 4.43. The van der Waals surface area contributed by atoms with Crippen molar-refractivity contribution in [3.05, 3.63) is 0 Å². The van der Waals surface area contributed by atoms with E-state index in [0.717, 1.165) is 30.8 Å². The number of rotatable bonds is 5. The van der Waals surface area contributed by atoms with Gasteiger partial charge in [-0.05, 0) is 36.2 Å². The third kappa shape index (κ3) is 2.47. The molecule has 0 atom stereocenters. The molecule has 0 aromatic carbocycles. The van der Waals surface area contributed by atoms with E-state index in [2.05, 4.69) is 16.6 Å². The fourth-order valence-electron chi connectivity index (χ4n) is 2.36. The molecule has 0 spiro atoms. The molecule has 1 saturated carbocycles. The van der Waals surface area contributed by atoms with Crippen LogP contribution in [0.3, 0.4) is 0 Å². The van der Waals surface area contributed by atoms with Crippen molar-refractivity contribution in [2.45, 2.75) is 37.5 Å². The van der Waals surface area contributed by atoms with Crippen LogP contribution in [0.1, 0.15) is 32.6 Å². The summed E-state index contributed by atoms with van der Waals surface area (Å²) in [4.78, 5) is 0.151. The van der Waals surface area contributed by atoms with E-state index in [9.17, 15) is 8.42 Å². The second-order valence-corrected chi connectivity index (χ2v) is 7.78. The third-order valence-electron chi connectivity index (χ3n) is 3.83. The van der Waals surface area contributed by atoms with Gasteiger partial charge in [-0.1, -0.05) is 13.3 Å². The molecule has 1 heterocycles. The molecule has 0 bridgehead atoms. The summed E-state index contributed by atoms with van der Waals surface area (Å²) in [5.41, 5.74) is 5.95. The second-order valence-electron chi connectivity index (χ2n) is 5.06. The Balaban J connectivity index is 2.16. The highest BCUT2D eigenvalue weighted by atomic mass is 32.2. The molecule has 7 heteroatoms. The summed E-state index contributed by atoms with van der Waals surface area (Å²) in [6.07, 6.45) is 5.96. The minimum absolute atomic E-state index is 0.101. The lowest BCUT2D eigenvalue weighted by molar-refractivity contribution is 0.145. The van der Waals surface area contributed by atoms with Gasteiger partial charge in [0.2, 0.25) is 0 Å². The molecule has 0 unspecified atom stereocenters. The standard InChI is InChI=1S/C11H19N3O2S2/c1-3-11(5-4-6-11)7-13-10-8(18(2,15)16)9(12)14-17-10/h13H,3-7H2,1-2H3,(H2,12,14). The molecule has 2 rings (SSSR count). The summed E-state index contributed by atoms with van der Waals surface area (Å²) >= 11 is 1.12. The van der Waals surface area contributed by atoms with Gasteiger partial charge in [-0.3, -0.25) is 0 Å². The molecule has 0 radical (unpaired) electrons. The van der Waals surface area contributed by atoms with Crippen LogP contribution in [0.15, 0.2) is 4.90 Å². The number of hydrogen-bond donors (Lipinski definition) is 2. The van der Waals surface area contributed by atoms with Gasteiger partial charge in [-0.25, -0.2) is 8.42 Å². The maximum atomic E-state index is 11.7. The number of nitrogens with one attached hydrogen (secondary N) is 1. The Morgan fingerprint density at radius 3 is 2.61 bits per heavy atom. The van der Waals surface area contributed by atoms with Crippen LogP contribution in [0.25, 0.3) is 0 Å². The van der Waals surface area contributed by atoms with Gasteiger partial charge < -0.3 is 11.1 Å². The zero-order valence-electron chi connectivity index (χ0n) is 10.7. The van der Waals surface area contributed by atoms with Crippen molar-refractivity contribution in [1.29, 1.82) is 0 Å². The first-order valence-electron chi connectivity index (χ1n) is 6.07. The highest BCUT2D eigenvalue weighted by molar-refractivity contribution is 7.91. The van der Waals surface area contributed by atoms with E-state index in [-0.39, 0.29) is 10.7 Å². The van der Waals surface area contributed by atoms with Crippen LogP contribution in [0.2, 0.25) is 0 Å². The molecule has 1 aromatic rings. The van der Waals surface area contributed by atoms with Crippen molar-refractivity contribution < 1.29 is 8.42 Å². The molecular weight excluding hydrogens is 270 g/mol. The fraction of sp³-hybridized carbons (Fsp3) is 0.727. The molecule has 1 aliphatic rings. The lowest BCUT2D eigenvalue weighted by Gasteiger charge is -2.41. The zero-order chi connectivity index (χ0) is 13.4. The molecule has 1 fully saturated rings.